The number of nitrogens with zero attached hydrogens (tertiary/aromatic N) is 2. The predicted octanol–water partition coefficient (Wildman–Crippen LogP) is 3.06. The molecule has 0 unspecified atom stereocenters. The molecule has 0 aliphatic rings. The summed E-state index contributed by atoms with van der Waals surface area (Å²) in [7, 11) is -1.92. The number of hydrogen-bond acceptors (Lipinski definition) is 3. The van der Waals surface area contributed by atoms with Crippen molar-refractivity contribution in [3.8, 4) is 0 Å². The van der Waals surface area contributed by atoms with Crippen LogP contribution < -0.4 is 4.31 Å². The Kier molecular flexibility index (Phi) is 6.42. The molecule has 1 amide bonds. The van der Waals surface area contributed by atoms with E-state index in [9.17, 15) is 13.2 Å². The number of aryl methyl sites for hydroxylation is 1. The highest BCUT2D eigenvalue weighted by atomic mass is 32.2. The van der Waals surface area contributed by atoms with Crippen molar-refractivity contribution < 1.29 is 13.2 Å². The number of hydrogen-bond donors (Lipinski definition) is 0. The van der Waals surface area contributed by atoms with E-state index in [-0.39, 0.29) is 5.91 Å². The highest BCUT2D eigenvalue weighted by Crippen LogP contribution is 2.22. The van der Waals surface area contributed by atoms with Crippen LogP contribution in [0, 0.1) is 0 Å². The van der Waals surface area contributed by atoms with Crippen LogP contribution in [0.2, 0.25) is 0 Å². The molecule has 0 heterocycles. The van der Waals surface area contributed by atoms with Crippen LogP contribution in [0.25, 0.3) is 0 Å². The van der Waals surface area contributed by atoms with Crippen molar-refractivity contribution in [3.05, 3.63) is 65.7 Å². The largest absolute Gasteiger partial charge is 0.340 e. The summed E-state index contributed by atoms with van der Waals surface area (Å²) in [5, 5.41) is 0. The number of amides is 1. The van der Waals surface area contributed by atoms with Crippen molar-refractivity contribution in [1.82, 2.24) is 4.90 Å². The van der Waals surface area contributed by atoms with Crippen molar-refractivity contribution in [1.29, 1.82) is 0 Å². The van der Waals surface area contributed by atoms with Crippen molar-refractivity contribution in [2.75, 3.05) is 17.6 Å². The summed E-state index contributed by atoms with van der Waals surface area (Å²) in [5.74, 6) is -0.251. The standard InChI is InChI=1S/C20H26N2O3S/c1-5-17-11-13-19(14-12-17)22(26(4,24)25)16(2)20(23)21(3)15-18-9-7-6-8-10-18/h6-14,16H,5,15H2,1-4H3/t16-/m0/s1. The molecule has 0 aliphatic heterocycles. The molecule has 6 heteroatoms. The fourth-order valence-electron chi connectivity index (χ4n) is 2.94. The van der Waals surface area contributed by atoms with Crippen molar-refractivity contribution in [2.45, 2.75) is 32.9 Å². The Morgan fingerprint density at radius 2 is 1.58 bits per heavy atom. The molecule has 0 saturated carbocycles. The van der Waals surface area contributed by atoms with Gasteiger partial charge in [-0.1, -0.05) is 49.4 Å². The molecule has 0 aliphatic carbocycles. The molecule has 0 bridgehead atoms. The summed E-state index contributed by atoms with van der Waals surface area (Å²) in [6.45, 7) is 4.09. The van der Waals surface area contributed by atoms with Gasteiger partial charge in [-0.25, -0.2) is 8.42 Å². The third-order valence-corrected chi connectivity index (χ3v) is 5.55. The average Bonchev–Trinajstić information content (AvgIpc) is 2.61. The first kappa shape index (κ1) is 20.0. The Balaban J connectivity index is 2.25. The van der Waals surface area contributed by atoms with E-state index >= 15 is 0 Å². The van der Waals surface area contributed by atoms with Gasteiger partial charge in [-0.05, 0) is 36.6 Å². The molecule has 2 rings (SSSR count). The quantitative estimate of drug-likeness (QED) is 0.748. The second-order valence-electron chi connectivity index (χ2n) is 6.43. The molecule has 0 N–H and O–H groups in total. The van der Waals surface area contributed by atoms with E-state index in [1.165, 1.54) is 4.31 Å². The first-order valence-corrected chi connectivity index (χ1v) is 10.5. The molecule has 0 aromatic heterocycles. The molecule has 2 aromatic rings. The molecule has 140 valence electrons. The Morgan fingerprint density at radius 3 is 2.08 bits per heavy atom. The van der Waals surface area contributed by atoms with Gasteiger partial charge in [-0.3, -0.25) is 9.10 Å². The van der Waals surface area contributed by atoms with E-state index in [1.807, 2.05) is 49.4 Å². The average molecular weight is 375 g/mol. The number of benzene rings is 2. The highest BCUT2D eigenvalue weighted by molar-refractivity contribution is 7.92. The van der Waals surface area contributed by atoms with Crippen LogP contribution in [-0.2, 0) is 27.8 Å². The summed E-state index contributed by atoms with van der Waals surface area (Å²) in [5.41, 5.74) is 2.61. The van der Waals surface area contributed by atoms with Crippen molar-refractivity contribution in [2.24, 2.45) is 0 Å². The van der Waals surface area contributed by atoms with E-state index < -0.39 is 16.1 Å². The summed E-state index contributed by atoms with van der Waals surface area (Å²) in [6, 6.07) is 16.1. The molecule has 0 radical (unpaired) electrons. The monoisotopic (exact) mass is 374 g/mol. The van der Waals surface area contributed by atoms with Gasteiger partial charge in [0.05, 0.1) is 11.9 Å². The molecule has 0 saturated heterocycles. The fraction of sp³-hybridized carbons (Fsp3) is 0.350. The van der Waals surface area contributed by atoms with Crippen LogP contribution in [-0.4, -0.2) is 38.6 Å². The zero-order chi connectivity index (χ0) is 19.3. The smallest absolute Gasteiger partial charge is 0.246 e. The molecule has 0 fully saturated rings. The Labute approximate surface area is 156 Å². The fourth-order valence-corrected chi connectivity index (χ4v) is 4.10. The topological polar surface area (TPSA) is 57.7 Å². The minimum atomic E-state index is -3.60. The van der Waals surface area contributed by atoms with Crippen molar-refractivity contribution in [3.63, 3.8) is 0 Å². The summed E-state index contributed by atoms with van der Waals surface area (Å²) in [6.07, 6.45) is 2.00. The lowest BCUT2D eigenvalue weighted by Crippen LogP contribution is -2.48. The normalized spacial score (nSPS) is 12.5. The molecular weight excluding hydrogens is 348 g/mol. The number of carbonyl (C=O) groups excluding carboxylic acids is 1. The van der Waals surface area contributed by atoms with E-state index in [0.29, 0.717) is 12.2 Å². The first-order valence-electron chi connectivity index (χ1n) is 8.61. The molecule has 5 nitrogen and oxygen atoms in total. The number of carbonyl (C=O) groups is 1. The van der Waals surface area contributed by atoms with E-state index in [2.05, 4.69) is 0 Å². The van der Waals surface area contributed by atoms with Gasteiger partial charge >= 0.3 is 0 Å². The van der Waals surface area contributed by atoms with E-state index in [1.54, 1.807) is 31.0 Å². The summed E-state index contributed by atoms with van der Waals surface area (Å²) in [4.78, 5) is 14.4. The number of anilines is 1. The predicted molar refractivity (Wildman–Crippen MR) is 106 cm³/mol. The maximum atomic E-state index is 12.9. The van der Waals surface area contributed by atoms with Gasteiger partial charge in [0.1, 0.15) is 6.04 Å². The van der Waals surface area contributed by atoms with Gasteiger partial charge in [0.25, 0.3) is 0 Å². The van der Waals surface area contributed by atoms with Crippen molar-refractivity contribution >= 4 is 21.6 Å². The summed E-state index contributed by atoms with van der Waals surface area (Å²) >= 11 is 0. The minimum Gasteiger partial charge on any atom is -0.340 e. The zero-order valence-corrected chi connectivity index (χ0v) is 16.5. The maximum Gasteiger partial charge on any atom is 0.246 e. The lowest BCUT2D eigenvalue weighted by molar-refractivity contribution is -0.131. The Morgan fingerprint density at radius 1 is 1.00 bits per heavy atom. The van der Waals surface area contributed by atoms with Gasteiger partial charge in [0, 0.05) is 13.6 Å². The molecule has 1 atom stereocenters. The molecule has 2 aromatic carbocycles. The highest BCUT2D eigenvalue weighted by Gasteiger charge is 2.30. The van der Waals surface area contributed by atoms with Gasteiger partial charge in [-0.2, -0.15) is 0 Å². The van der Waals surface area contributed by atoms with Crippen LogP contribution >= 0.6 is 0 Å². The van der Waals surface area contributed by atoms with Crippen LogP contribution in [0.15, 0.2) is 54.6 Å². The minimum absolute atomic E-state index is 0.251. The second kappa shape index (κ2) is 8.36. The number of likely N-dealkylation sites (N-methyl/N-ethyl adjacent to an activating group) is 1. The van der Waals surface area contributed by atoms with Crippen LogP contribution in [0.1, 0.15) is 25.0 Å². The number of rotatable bonds is 7. The van der Waals surface area contributed by atoms with E-state index in [4.69, 9.17) is 0 Å². The van der Waals surface area contributed by atoms with Crippen LogP contribution in [0.3, 0.4) is 0 Å². The zero-order valence-electron chi connectivity index (χ0n) is 15.7. The molecule has 0 spiro atoms. The van der Waals surface area contributed by atoms with Crippen LogP contribution in [0.5, 0.6) is 0 Å². The van der Waals surface area contributed by atoms with Gasteiger partial charge < -0.3 is 4.90 Å². The van der Waals surface area contributed by atoms with Gasteiger partial charge in [0.15, 0.2) is 0 Å². The van der Waals surface area contributed by atoms with Gasteiger partial charge in [0.2, 0.25) is 15.9 Å². The Hall–Kier alpha value is -2.34. The molecule has 26 heavy (non-hydrogen) atoms. The molecular formula is C20H26N2O3S. The second-order valence-corrected chi connectivity index (χ2v) is 8.29. The number of sulfonamides is 1. The van der Waals surface area contributed by atoms with E-state index in [0.717, 1.165) is 23.8 Å². The van der Waals surface area contributed by atoms with Gasteiger partial charge in [-0.15, -0.1) is 0 Å². The lowest BCUT2D eigenvalue weighted by atomic mass is 10.1. The SMILES string of the molecule is CCc1ccc(N([C@@H](C)C(=O)N(C)Cc2ccccc2)S(C)(=O)=O)cc1. The maximum absolute atomic E-state index is 12.9. The third kappa shape index (κ3) is 4.85. The Bertz CT molecular complexity index is 833. The summed E-state index contributed by atoms with van der Waals surface area (Å²) < 4.78 is 25.9. The first-order chi connectivity index (χ1) is 12.2. The van der Waals surface area contributed by atoms with Crippen LogP contribution in [0.4, 0.5) is 5.69 Å². The third-order valence-electron chi connectivity index (χ3n) is 4.30. The lowest BCUT2D eigenvalue weighted by Gasteiger charge is -2.31.